The maximum absolute atomic E-state index is 12.0. The molecule has 3 rings (SSSR count). The molecule has 0 saturated heterocycles. The summed E-state index contributed by atoms with van der Waals surface area (Å²) < 4.78 is 80.0. The average molecular weight is 645 g/mol. The van der Waals surface area contributed by atoms with Crippen molar-refractivity contribution >= 4 is 33.3 Å². The fourth-order valence-electron chi connectivity index (χ4n) is 2.99. The zero-order chi connectivity index (χ0) is 32.6. The number of carbonyl (C=O) groups is 2. The molecule has 14 heteroatoms. The molecule has 0 fully saturated rings. The van der Waals surface area contributed by atoms with Gasteiger partial charge in [0.1, 0.15) is 22.7 Å². The van der Waals surface area contributed by atoms with Gasteiger partial charge in [0, 0.05) is 0 Å². The first-order valence-corrected chi connectivity index (χ1v) is 15.1. The number of carbonyl (C=O) groups excluding carboxylic acids is 2. The second-order valence-electron chi connectivity index (χ2n) is 10.6. The van der Waals surface area contributed by atoms with Gasteiger partial charge in [-0.2, -0.15) is 13.2 Å². The predicted molar refractivity (Wildman–Crippen MR) is 151 cm³/mol. The Hall–Kier alpha value is -3.75. The zero-order valence-corrected chi connectivity index (χ0v) is 25.8. The lowest BCUT2D eigenvalue weighted by molar-refractivity contribution is -0.0518. The molecule has 0 heterocycles. The van der Waals surface area contributed by atoms with Crippen molar-refractivity contribution in [3.8, 4) is 11.5 Å². The van der Waals surface area contributed by atoms with Gasteiger partial charge in [0.2, 0.25) is 0 Å². The van der Waals surface area contributed by atoms with Crippen molar-refractivity contribution in [3.63, 3.8) is 0 Å². The van der Waals surface area contributed by atoms with Crippen LogP contribution in [0.25, 0.3) is 0 Å². The van der Waals surface area contributed by atoms with E-state index in [4.69, 9.17) is 31.9 Å². The SMILES string of the molecule is CC(C)(C)OC(=O)Oc1ccc([S+](c2ccccc2)c2ccc(OC(=O)OC(C)(C)C)cc2)cc1.O=S(=O)([O-])C(F)(F)F. The van der Waals surface area contributed by atoms with Crippen molar-refractivity contribution in [1.29, 1.82) is 0 Å². The normalized spacial score (nSPS) is 12.1. The summed E-state index contributed by atoms with van der Waals surface area (Å²) >= 11 is 0. The molecular weight excluding hydrogens is 613 g/mol. The molecule has 0 saturated carbocycles. The Kier molecular flexibility index (Phi) is 11.7. The highest BCUT2D eigenvalue weighted by Gasteiger charge is 2.37. The van der Waals surface area contributed by atoms with Crippen LogP contribution in [0.15, 0.2) is 93.5 Å². The third-order valence-corrected chi connectivity index (χ3v) is 7.36. The number of halogens is 3. The van der Waals surface area contributed by atoms with Crippen LogP contribution >= 0.6 is 0 Å². The summed E-state index contributed by atoms with van der Waals surface area (Å²) in [5.41, 5.74) is -6.90. The summed E-state index contributed by atoms with van der Waals surface area (Å²) in [5, 5.41) is 0. The van der Waals surface area contributed by atoms with Gasteiger partial charge in [-0.15, -0.1) is 0 Å². The Morgan fingerprint density at radius 3 is 1.21 bits per heavy atom. The van der Waals surface area contributed by atoms with Crippen molar-refractivity contribution in [1.82, 2.24) is 0 Å². The summed E-state index contributed by atoms with van der Waals surface area (Å²) in [6.07, 6.45) is -1.49. The molecule has 0 aliphatic heterocycles. The molecule has 0 aromatic heterocycles. The summed E-state index contributed by atoms with van der Waals surface area (Å²) in [6, 6.07) is 24.8. The second-order valence-corrected chi connectivity index (χ2v) is 14.0. The summed E-state index contributed by atoms with van der Waals surface area (Å²) in [4.78, 5) is 27.2. The first-order valence-electron chi connectivity index (χ1n) is 12.5. The van der Waals surface area contributed by atoms with Crippen LogP contribution in [0, 0.1) is 0 Å². The van der Waals surface area contributed by atoms with Gasteiger partial charge in [-0.1, -0.05) is 18.2 Å². The highest BCUT2D eigenvalue weighted by Crippen LogP contribution is 2.33. The molecular formula is C29H31F3O9S2. The van der Waals surface area contributed by atoms with E-state index in [1.54, 1.807) is 65.8 Å². The van der Waals surface area contributed by atoms with Crippen LogP contribution < -0.4 is 9.47 Å². The molecule has 0 atom stereocenters. The van der Waals surface area contributed by atoms with Gasteiger partial charge in [-0.3, -0.25) is 0 Å². The van der Waals surface area contributed by atoms with Crippen LogP contribution in [0.1, 0.15) is 41.5 Å². The second kappa shape index (κ2) is 14.1. The van der Waals surface area contributed by atoms with E-state index in [1.165, 1.54) is 0 Å². The minimum Gasteiger partial charge on any atom is -0.741 e. The molecule has 3 aromatic rings. The van der Waals surface area contributed by atoms with Gasteiger partial charge in [0.15, 0.2) is 24.8 Å². The molecule has 9 nitrogen and oxygen atoms in total. The fourth-order valence-corrected chi connectivity index (χ4v) is 5.05. The number of alkyl halides is 3. The lowest BCUT2D eigenvalue weighted by Gasteiger charge is -2.18. The highest BCUT2D eigenvalue weighted by atomic mass is 32.2. The van der Waals surface area contributed by atoms with E-state index in [9.17, 15) is 22.8 Å². The van der Waals surface area contributed by atoms with Gasteiger partial charge in [0.25, 0.3) is 0 Å². The van der Waals surface area contributed by atoms with Crippen molar-refractivity contribution < 1.29 is 54.7 Å². The lowest BCUT2D eigenvalue weighted by atomic mass is 10.2. The van der Waals surface area contributed by atoms with E-state index in [1.807, 2.05) is 42.5 Å². The Balaban J connectivity index is 0.000000708. The van der Waals surface area contributed by atoms with E-state index in [0.29, 0.717) is 11.5 Å². The largest absolute Gasteiger partial charge is 0.741 e. The topological polar surface area (TPSA) is 128 Å². The van der Waals surface area contributed by atoms with E-state index in [0.717, 1.165) is 14.7 Å². The molecule has 234 valence electrons. The first kappa shape index (κ1) is 35.4. The van der Waals surface area contributed by atoms with Crippen LogP contribution in [-0.4, -0.2) is 42.0 Å². The molecule has 0 aliphatic rings. The zero-order valence-electron chi connectivity index (χ0n) is 24.1. The van der Waals surface area contributed by atoms with Gasteiger partial charge in [-0.25, -0.2) is 18.0 Å². The molecule has 0 amide bonds. The monoisotopic (exact) mass is 644 g/mol. The number of rotatable bonds is 5. The Labute approximate surface area is 251 Å². The minimum absolute atomic E-state index is 0.403. The van der Waals surface area contributed by atoms with Crippen molar-refractivity contribution in [2.24, 2.45) is 0 Å². The van der Waals surface area contributed by atoms with Gasteiger partial charge in [0.05, 0.1) is 10.9 Å². The van der Waals surface area contributed by atoms with Gasteiger partial charge < -0.3 is 23.5 Å². The summed E-state index contributed by atoms with van der Waals surface area (Å²) in [5.74, 6) is 0.807. The van der Waals surface area contributed by atoms with Crippen molar-refractivity contribution in [2.45, 2.75) is 72.9 Å². The molecule has 0 aliphatic carbocycles. The average Bonchev–Trinajstić information content (AvgIpc) is 2.84. The van der Waals surface area contributed by atoms with E-state index in [2.05, 4.69) is 12.1 Å². The molecule has 0 unspecified atom stereocenters. The summed E-state index contributed by atoms with van der Waals surface area (Å²) in [6.45, 7) is 10.7. The van der Waals surface area contributed by atoms with Gasteiger partial charge in [-0.05, 0) is 102 Å². The third-order valence-electron chi connectivity index (χ3n) is 4.56. The van der Waals surface area contributed by atoms with E-state index >= 15 is 0 Å². The van der Waals surface area contributed by atoms with E-state index < -0.39 is 50.0 Å². The van der Waals surface area contributed by atoms with Crippen LogP contribution in [0.5, 0.6) is 11.5 Å². The van der Waals surface area contributed by atoms with E-state index in [-0.39, 0.29) is 0 Å². The van der Waals surface area contributed by atoms with Crippen LogP contribution in [0.4, 0.5) is 22.8 Å². The van der Waals surface area contributed by atoms with Crippen LogP contribution in [0.2, 0.25) is 0 Å². The molecule has 3 aromatic carbocycles. The number of hydrogen-bond donors (Lipinski definition) is 0. The molecule has 0 spiro atoms. The van der Waals surface area contributed by atoms with Gasteiger partial charge >= 0.3 is 17.8 Å². The Bertz CT molecular complexity index is 1390. The fraction of sp³-hybridized carbons (Fsp3) is 0.310. The smallest absolute Gasteiger partial charge is 0.514 e. The number of hydrogen-bond acceptors (Lipinski definition) is 9. The standard InChI is InChI=1S/C28H31O6S.CHF3O3S/c1-27(2,3)33-25(29)31-20-12-16-23(17-13-20)35(22-10-8-7-9-11-22)24-18-14-21(15-19-24)32-26(30)34-28(4,5)6;2-1(3,4)8(5,6)7/h7-19H,1-6H3;(H,5,6,7)/q+1;/p-1. The third kappa shape index (κ3) is 12.6. The molecule has 0 bridgehead atoms. The molecule has 0 radical (unpaired) electrons. The highest BCUT2D eigenvalue weighted by molar-refractivity contribution is 7.97. The van der Waals surface area contributed by atoms with Crippen LogP contribution in [0.3, 0.4) is 0 Å². The summed E-state index contributed by atoms with van der Waals surface area (Å²) in [7, 11) is -6.52. The first-order chi connectivity index (χ1) is 19.6. The maximum Gasteiger partial charge on any atom is 0.514 e. The Morgan fingerprint density at radius 2 is 0.930 bits per heavy atom. The van der Waals surface area contributed by atoms with Crippen molar-refractivity contribution in [3.05, 3.63) is 78.9 Å². The molecule has 43 heavy (non-hydrogen) atoms. The van der Waals surface area contributed by atoms with Crippen molar-refractivity contribution in [2.75, 3.05) is 0 Å². The number of ether oxygens (including phenoxy) is 4. The minimum atomic E-state index is -6.09. The lowest BCUT2D eigenvalue weighted by Crippen LogP contribution is -2.26. The Morgan fingerprint density at radius 1 is 0.628 bits per heavy atom. The number of benzene rings is 3. The quantitative estimate of drug-likeness (QED) is 0.0914. The molecule has 0 N–H and O–H groups in total. The predicted octanol–water partition coefficient (Wildman–Crippen LogP) is 7.46. The maximum atomic E-state index is 12.0. The van der Waals surface area contributed by atoms with Crippen LogP contribution in [-0.2, 0) is 30.5 Å².